The molecule has 0 aliphatic heterocycles. The molecule has 0 saturated carbocycles. The lowest BCUT2D eigenvalue weighted by Crippen LogP contribution is -2.46. The first kappa shape index (κ1) is 21.0. The van der Waals surface area contributed by atoms with E-state index in [9.17, 15) is 24.6 Å². The van der Waals surface area contributed by atoms with E-state index in [0.29, 0.717) is 0 Å². The third kappa shape index (κ3) is 4.15. The summed E-state index contributed by atoms with van der Waals surface area (Å²) in [6, 6.07) is 0. The van der Waals surface area contributed by atoms with Gasteiger partial charge >= 0.3 is 0 Å². The van der Waals surface area contributed by atoms with Crippen molar-refractivity contribution in [2.75, 3.05) is 0 Å². The predicted octanol–water partition coefficient (Wildman–Crippen LogP) is 3.24. The zero-order valence-corrected chi connectivity index (χ0v) is 15.8. The largest absolute Gasteiger partial charge is 0.508 e. The topological polar surface area (TPSA) is 91.7 Å². The van der Waals surface area contributed by atoms with Crippen molar-refractivity contribution in [1.82, 2.24) is 0 Å². The number of carbonyl (C=O) groups is 3. The smallest absolute Gasteiger partial charge is 0.191 e. The van der Waals surface area contributed by atoms with Crippen molar-refractivity contribution in [2.45, 2.75) is 60.0 Å². The average Bonchev–Trinajstić information content (AvgIpc) is 2.69. The van der Waals surface area contributed by atoms with Crippen LogP contribution in [0.2, 0.25) is 0 Å². The second kappa shape index (κ2) is 7.91. The standard InChI is InChI=1S/C20H28O5/c1-11(2)7-9-14-18(23)16(17(22)13(5)6)19(24)20(14,25)15(21)10-8-12(3)4/h7-8,13-14,24-25H,9-10H2,1-6H3/t14-,20+/m1/s1. The number of ketones is 3. The maximum Gasteiger partial charge on any atom is 0.191 e. The minimum atomic E-state index is -2.35. The van der Waals surface area contributed by atoms with Gasteiger partial charge in [-0.1, -0.05) is 37.1 Å². The monoisotopic (exact) mass is 348 g/mol. The average molecular weight is 348 g/mol. The molecule has 0 bridgehead atoms. The Morgan fingerprint density at radius 1 is 1.12 bits per heavy atom. The molecular weight excluding hydrogens is 320 g/mol. The molecule has 5 nitrogen and oxygen atoms in total. The fraction of sp³-hybridized carbons (Fsp3) is 0.550. The number of aliphatic hydroxyl groups excluding tert-OH is 1. The number of aliphatic hydroxyl groups is 2. The van der Waals surface area contributed by atoms with Gasteiger partial charge < -0.3 is 10.2 Å². The first-order valence-corrected chi connectivity index (χ1v) is 8.49. The van der Waals surface area contributed by atoms with E-state index in [1.807, 2.05) is 13.8 Å². The molecule has 0 heterocycles. The molecule has 5 heteroatoms. The van der Waals surface area contributed by atoms with Crippen LogP contribution in [-0.4, -0.2) is 33.2 Å². The Bertz CT molecular complexity index is 670. The van der Waals surface area contributed by atoms with E-state index in [1.165, 1.54) is 0 Å². The van der Waals surface area contributed by atoms with Crippen molar-refractivity contribution in [3.8, 4) is 0 Å². The predicted molar refractivity (Wildman–Crippen MR) is 96.0 cm³/mol. The van der Waals surface area contributed by atoms with Gasteiger partial charge in [-0.3, -0.25) is 14.4 Å². The molecule has 0 fully saturated rings. The summed E-state index contributed by atoms with van der Waals surface area (Å²) in [5, 5.41) is 21.5. The molecule has 1 aliphatic carbocycles. The molecule has 2 N–H and O–H groups in total. The number of rotatable bonds is 7. The Kier molecular flexibility index (Phi) is 6.66. The highest BCUT2D eigenvalue weighted by Gasteiger charge is 2.58. The summed E-state index contributed by atoms with van der Waals surface area (Å²) < 4.78 is 0. The molecule has 0 saturated heterocycles. The highest BCUT2D eigenvalue weighted by molar-refractivity contribution is 6.26. The summed E-state index contributed by atoms with van der Waals surface area (Å²) in [5.74, 6) is -4.41. The van der Waals surface area contributed by atoms with Gasteiger partial charge in [-0.15, -0.1) is 0 Å². The van der Waals surface area contributed by atoms with Gasteiger partial charge in [0.1, 0.15) is 11.3 Å². The molecular formula is C20H28O5. The zero-order valence-electron chi connectivity index (χ0n) is 15.8. The number of allylic oxidation sites excluding steroid dienone is 5. The summed E-state index contributed by atoms with van der Waals surface area (Å²) in [5.41, 5.74) is -0.996. The number of hydrogen-bond donors (Lipinski definition) is 2. The molecule has 0 amide bonds. The third-order valence-corrected chi connectivity index (χ3v) is 4.32. The second-order valence-electron chi connectivity index (χ2n) is 7.35. The van der Waals surface area contributed by atoms with Gasteiger partial charge in [0, 0.05) is 12.3 Å². The number of carbonyl (C=O) groups excluding carboxylic acids is 3. The van der Waals surface area contributed by atoms with Gasteiger partial charge in [-0.05, 0) is 34.1 Å². The Morgan fingerprint density at radius 2 is 1.64 bits per heavy atom. The Labute approximate surface area is 149 Å². The first-order valence-electron chi connectivity index (χ1n) is 8.49. The molecule has 0 aromatic carbocycles. The van der Waals surface area contributed by atoms with Crippen molar-refractivity contribution in [2.24, 2.45) is 11.8 Å². The molecule has 1 rings (SSSR count). The molecule has 0 unspecified atom stereocenters. The summed E-state index contributed by atoms with van der Waals surface area (Å²) in [4.78, 5) is 37.7. The van der Waals surface area contributed by atoms with Crippen LogP contribution in [0.5, 0.6) is 0 Å². The molecule has 2 atom stereocenters. The summed E-state index contributed by atoms with van der Waals surface area (Å²) >= 11 is 0. The van der Waals surface area contributed by atoms with Crippen LogP contribution in [0.25, 0.3) is 0 Å². The lowest BCUT2D eigenvalue weighted by Gasteiger charge is -2.27. The van der Waals surface area contributed by atoms with Crippen LogP contribution < -0.4 is 0 Å². The minimum Gasteiger partial charge on any atom is -0.508 e. The molecule has 138 valence electrons. The third-order valence-electron chi connectivity index (χ3n) is 4.32. The van der Waals surface area contributed by atoms with Crippen LogP contribution in [-0.2, 0) is 14.4 Å². The summed E-state index contributed by atoms with van der Waals surface area (Å²) in [6.07, 6.45) is 3.30. The lowest BCUT2D eigenvalue weighted by molar-refractivity contribution is -0.144. The SMILES string of the molecule is CC(C)=CCC(=O)[C@]1(O)C(O)=C(C(=O)C(C)C)C(=O)[C@H]1CC=C(C)C. The fourth-order valence-electron chi connectivity index (χ4n) is 2.77. The zero-order chi connectivity index (χ0) is 19.5. The van der Waals surface area contributed by atoms with E-state index in [2.05, 4.69) is 0 Å². The van der Waals surface area contributed by atoms with E-state index in [4.69, 9.17) is 0 Å². The molecule has 0 aromatic heterocycles. The lowest BCUT2D eigenvalue weighted by atomic mass is 9.81. The van der Waals surface area contributed by atoms with Crippen molar-refractivity contribution < 1.29 is 24.6 Å². The Morgan fingerprint density at radius 3 is 2.08 bits per heavy atom. The van der Waals surface area contributed by atoms with Gasteiger partial charge in [0.25, 0.3) is 0 Å². The second-order valence-corrected chi connectivity index (χ2v) is 7.35. The van der Waals surface area contributed by atoms with Crippen LogP contribution in [0.3, 0.4) is 0 Å². The maximum atomic E-state index is 12.7. The highest BCUT2D eigenvalue weighted by Crippen LogP contribution is 2.41. The van der Waals surface area contributed by atoms with Crippen molar-refractivity contribution in [3.05, 3.63) is 34.6 Å². The molecule has 25 heavy (non-hydrogen) atoms. The number of hydrogen-bond acceptors (Lipinski definition) is 5. The Hall–Kier alpha value is -2.01. The van der Waals surface area contributed by atoms with Gasteiger partial charge in [0.15, 0.2) is 23.0 Å². The quantitative estimate of drug-likeness (QED) is 0.544. The highest BCUT2D eigenvalue weighted by atomic mass is 16.3. The normalized spacial score (nSPS) is 23.0. The van der Waals surface area contributed by atoms with Crippen LogP contribution >= 0.6 is 0 Å². The van der Waals surface area contributed by atoms with Crippen LogP contribution in [0.1, 0.15) is 54.4 Å². The van der Waals surface area contributed by atoms with Gasteiger partial charge in [0.2, 0.25) is 0 Å². The van der Waals surface area contributed by atoms with Gasteiger partial charge in [-0.25, -0.2) is 0 Å². The van der Waals surface area contributed by atoms with E-state index in [0.717, 1.165) is 11.1 Å². The van der Waals surface area contributed by atoms with Gasteiger partial charge in [0.05, 0.1) is 5.92 Å². The molecule has 0 aromatic rings. The number of Topliss-reactive ketones (excluding diaryl/α,β-unsaturated/α-hetero) is 3. The van der Waals surface area contributed by atoms with E-state index < -0.39 is 46.1 Å². The van der Waals surface area contributed by atoms with Gasteiger partial charge in [-0.2, -0.15) is 0 Å². The van der Waals surface area contributed by atoms with E-state index in [1.54, 1.807) is 39.8 Å². The molecule has 1 aliphatic rings. The van der Waals surface area contributed by atoms with E-state index >= 15 is 0 Å². The fourth-order valence-corrected chi connectivity index (χ4v) is 2.77. The molecule has 0 spiro atoms. The Balaban J connectivity index is 3.45. The van der Waals surface area contributed by atoms with Crippen LogP contribution in [0.4, 0.5) is 0 Å². The maximum absolute atomic E-state index is 12.7. The van der Waals surface area contributed by atoms with Crippen molar-refractivity contribution >= 4 is 17.3 Å². The summed E-state index contributed by atoms with van der Waals surface area (Å²) in [6.45, 7) is 10.5. The molecule has 0 radical (unpaired) electrons. The minimum absolute atomic E-state index is 0.0805. The summed E-state index contributed by atoms with van der Waals surface area (Å²) in [7, 11) is 0. The van der Waals surface area contributed by atoms with E-state index in [-0.39, 0.29) is 12.8 Å². The van der Waals surface area contributed by atoms with Crippen LogP contribution in [0, 0.1) is 11.8 Å². The van der Waals surface area contributed by atoms with Crippen molar-refractivity contribution in [1.29, 1.82) is 0 Å². The van der Waals surface area contributed by atoms with Crippen LogP contribution in [0.15, 0.2) is 34.6 Å². The van der Waals surface area contributed by atoms with Crippen molar-refractivity contribution in [3.63, 3.8) is 0 Å². The first-order chi connectivity index (χ1) is 11.4.